The molecule has 0 bridgehead atoms. The predicted octanol–water partition coefficient (Wildman–Crippen LogP) is 3.50. The van der Waals surface area contributed by atoms with Crippen LogP contribution >= 0.6 is 11.6 Å². The molecule has 1 aromatic carbocycles. The highest BCUT2D eigenvalue weighted by atomic mass is 35.5. The van der Waals surface area contributed by atoms with Gasteiger partial charge in [0.05, 0.1) is 11.6 Å². The Labute approximate surface area is 103 Å². The van der Waals surface area contributed by atoms with Crippen molar-refractivity contribution in [1.29, 1.82) is 0 Å². The van der Waals surface area contributed by atoms with Gasteiger partial charge in [0.1, 0.15) is 5.75 Å². The molecule has 0 amide bonds. The molecule has 90 valence electrons. The zero-order valence-corrected chi connectivity index (χ0v) is 11.0. The summed E-state index contributed by atoms with van der Waals surface area (Å²) in [7, 11) is 0. The zero-order chi connectivity index (χ0) is 12.1. The van der Waals surface area contributed by atoms with Crippen LogP contribution in [0.3, 0.4) is 0 Å². The molecular formula is C13H20ClNO. The Bertz CT molecular complexity index is 352. The van der Waals surface area contributed by atoms with Crippen molar-refractivity contribution in [3.05, 3.63) is 28.3 Å². The third-order valence-corrected chi connectivity index (χ3v) is 3.05. The van der Waals surface area contributed by atoms with E-state index in [4.69, 9.17) is 22.1 Å². The van der Waals surface area contributed by atoms with Crippen LogP contribution in [0, 0.1) is 6.92 Å². The molecule has 3 heteroatoms. The Morgan fingerprint density at radius 3 is 2.69 bits per heavy atom. The molecule has 1 unspecified atom stereocenters. The van der Waals surface area contributed by atoms with Crippen LogP contribution in [0.25, 0.3) is 0 Å². The van der Waals surface area contributed by atoms with Gasteiger partial charge in [-0.05, 0) is 56.0 Å². The van der Waals surface area contributed by atoms with Gasteiger partial charge in [0.25, 0.3) is 0 Å². The number of hydrogen-bond donors (Lipinski definition) is 1. The Morgan fingerprint density at radius 2 is 2.12 bits per heavy atom. The second-order valence-corrected chi connectivity index (χ2v) is 4.46. The van der Waals surface area contributed by atoms with E-state index in [1.54, 1.807) is 0 Å². The number of rotatable bonds is 5. The van der Waals surface area contributed by atoms with E-state index in [0.29, 0.717) is 24.1 Å². The Kier molecular flexibility index (Phi) is 5.10. The number of hydrogen-bond acceptors (Lipinski definition) is 2. The van der Waals surface area contributed by atoms with E-state index >= 15 is 0 Å². The van der Waals surface area contributed by atoms with Crippen LogP contribution in [0.5, 0.6) is 5.75 Å². The molecule has 2 nitrogen and oxygen atoms in total. The summed E-state index contributed by atoms with van der Waals surface area (Å²) in [6.07, 6.45) is 0.977. The quantitative estimate of drug-likeness (QED) is 0.857. The van der Waals surface area contributed by atoms with Crippen molar-refractivity contribution in [2.24, 2.45) is 5.73 Å². The second kappa shape index (κ2) is 6.12. The summed E-state index contributed by atoms with van der Waals surface area (Å²) < 4.78 is 5.46. The molecule has 0 fully saturated rings. The molecule has 0 aliphatic heterocycles. The SMILES string of the molecule is CCOc1cc(C)c(C(C)CCN)cc1Cl. The first kappa shape index (κ1) is 13.3. The highest BCUT2D eigenvalue weighted by Gasteiger charge is 2.11. The minimum Gasteiger partial charge on any atom is -0.492 e. The first-order valence-electron chi connectivity index (χ1n) is 5.73. The maximum Gasteiger partial charge on any atom is 0.138 e. The van der Waals surface area contributed by atoms with Gasteiger partial charge in [-0.25, -0.2) is 0 Å². The molecule has 1 atom stereocenters. The van der Waals surface area contributed by atoms with E-state index < -0.39 is 0 Å². The largest absolute Gasteiger partial charge is 0.492 e. The average Bonchev–Trinajstić information content (AvgIpc) is 2.23. The van der Waals surface area contributed by atoms with Gasteiger partial charge in [-0.2, -0.15) is 0 Å². The van der Waals surface area contributed by atoms with Gasteiger partial charge in [0, 0.05) is 0 Å². The van der Waals surface area contributed by atoms with E-state index in [2.05, 4.69) is 13.8 Å². The summed E-state index contributed by atoms with van der Waals surface area (Å²) in [6, 6.07) is 4.01. The number of nitrogens with two attached hydrogens (primary N) is 1. The monoisotopic (exact) mass is 241 g/mol. The molecule has 1 rings (SSSR count). The number of benzene rings is 1. The van der Waals surface area contributed by atoms with Crippen LogP contribution in [0.4, 0.5) is 0 Å². The Hall–Kier alpha value is -0.730. The van der Waals surface area contributed by atoms with Crippen LogP contribution in [0.1, 0.15) is 37.3 Å². The molecule has 0 saturated carbocycles. The summed E-state index contributed by atoms with van der Waals surface area (Å²) in [4.78, 5) is 0. The molecule has 0 saturated heterocycles. The van der Waals surface area contributed by atoms with Gasteiger partial charge in [-0.15, -0.1) is 0 Å². The molecular weight excluding hydrogens is 222 g/mol. The molecule has 0 spiro atoms. The Balaban J connectivity index is 3.00. The number of halogens is 1. The third kappa shape index (κ3) is 3.13. The van der Waals surface area contributed by atoms with Gasteiger partial charge < -0.3 is 10.5 Å². The predicted molar refractivity (Wildman–Crippen MR) is 69.4 cm³/mol. The van der Waals surface area contributed by atoms with Crippen molar-refractivity contribution in [1.82, 2.24) is 0 Å². The van der Waals surface area contributed by atoms with E-state index in [9.17, 15) is 0 Å². The third-order valence-electron chi connectivity index (χ3n) is 2.75. The van der Waals surface area contributed by atoms with Gasteiger partial charge in [0.2, 0.25) is 0 Å². The lowest BCUT2D eigenvalue weighted by molar-refractivity contribution is 0.340. The minimum absolute atomic E-state index is 0.443. The van der Waals surface area contributed by atoms with Crippen molar-refractivity contribution >= 4 is 11.6 Å². The van der Waals surface area contributed by atoms with Gasteiger partial charge in [-0.3, -0.25) is 0 Å². The van der Waals surface area contributed by atoms with Gasteiger partial charge >= 0.3 is 0 Å². The summed E-state index contributed by atoms with van der Waals surface area (Å²) in [5.74, 6) is 1.21. The average molecular weight is 242 g/mol. The highest BCUT2D eigenvalue weighted by molar-refractivity contribution is 6.32. The second-order valence-electron chi connectivity index (χ2n) is 4.05. The highest BCUT2D eigenvalue weighted by Crippen LogP contribution is 2.32. The van der Waals surface area contributed by atoms with Crippen LogP contribution in [0.15, 0.2) is 12.1 Å². The fourth-order valence-electron chi connectivity index (χ4n) is 1.87. The molecule has 0 aliphatic carbocycles. The summed E-state index contributed by atoms with van der Waals surface area (Å²) in [6.45, 7) is 7.55. The summed E-state index contributed by atoms with van der Waals surface area (Å²) in [5, 5.41) is 0.686. The van der Waals surface area contributed by atoms with Crippen LogP contribution in [-0.2, 0) is 0 Å². The smallest absolute Gasteiger partial charge is 0.138 e. The summed E-state index contributed by atoms with van der Waals surface area (Å²) >= 11 is 6.17. The van der Waals surface area contributed by atoms with E-state index in [1.165, 1.54) is 11.1 Å². The van der Waals surface area contributed by atoms with Crippen molar-refractivity contribution in [2.45, 2.75) is 33.1 Å². The lowest BCUT2D eigenvalue weighted by Crippen LogP contribution is -2.06. The fraction of sp³-hybridized carbons (Fsp3) is 0.538. The maximum atomic E-state index is 6.17. The number of aryl methyl sites for hydroxylation is 1. The van der Waals surface area contributed by atoms with Crippen LogP contribution in [-0.4, -0.2) is 13.2 Å². The molecule has 2 N–H and O–H groups in total. The van der Waals surface area contributed by atoms with Gasteiger partial charge in [0.15, 0.2) is 0 Å². The first-order chi connectivity index (χ1) is 7.60. The first-order valence-corrected chi connectivity index (χ1v) is 6.10. The number of ether oxygens (including phenoxy) is 1. The molecule has 0 aromatic heterocycles. The van der Waals surface area contributed by atoms with Crippen molar-refractivity contribution in [3.63, 3.8) is 0 Å². The van der Waals surface area contributed by atoms with Crippen LogP contribution in [0.2, 0.25) is 5.02 Å². The Morgan fingerprint density at radius 1 is 1.44 bits per heavy atom. The normalized spacial score (nSPS) is 12.6. The molecule has 0 aliphatic rings. The van der Waals surface area contributed by atoms with Gasteiger partial charge in [-0.1, -0.05) is 18.5 Å². The molecule has 1 aromatic rings. The zero-order valence-electron chi connectivity index (χ0n) is 10.2. The van der Waals surface area contributed by atoms with E-state index in [0.717, 1.165) is 12.2 Å². The molecule has 0 heterocycles. The molecule has 16 heavy (non-hydrogen) atoms. The van der Waals surface area contributed by atoms with E-state index in [1.807, 2.05) is 19.1 Å². The summed E-state index contributed by atoms with van der Waals surface area (Å²) in [5.41, 5.74) is 8.05. The maximum absolute atomic E-state index is 6.17. The van der Waals surface area contributed by atoms with Crippen molar-refractivity contribution < 1.29 is 4.74 Å². The van der Waals surface area contributed by atoms with Crippen molar-refractivity contribution in [2.75, 3.05) is 13.2 Å². The lowest BCUT2D eigenvalue weighted by Gasteiger charge is -2.16. The minimum atomic E-state index is 0.443. The fourth-order valence-corrected chi connectivity index (χ4v) is 2.10. The van der Waals surface area contributed by atoms with E-state index in [-0.39, 0.29) is 0 Å². The lowest BCUT2D eigenvalue weighted by atomic mass is 9.93. The standard InChI is InChI=1S/C13H20ClNO/c1-4-16-13-7-10(3)11(8-12(13)14)9(2)5-6-15/h7-9H,4-6,15H2,1-3H3. The topological polar surface area (TPSA) is 35.2 Å². The molecule has 0 radical (unpaired) electrons. The van der Waals surface area contributed by atoms with Crippen LogP contribution < -0.4 is 10.5 Å². The van der Waals surface area contributed by atoms with Crippen molar-refractivity contribution in [3.8, 4) is 5.75 Å².